The van der Waals surface area contributed by atoms with Gasteiger partial charge in [0, 0.05) is 19.2 Å². The molecule has 1 aromatic rings. The van der Waals surface area contributed by atoms with E-state index >= 15 is 0 Å². The molecule has 6 heteroatoms. The minimum atomic E-state index is -0.815. The van der Waals surface area contributed by atoms with Crippen molar-refractivity contribution in [2.75, 3.05) is 13.1 Å². The first kappa shape index (κ1) is 15.3. The lowest BCUT2D eigenvalue weighted by Gasteiger charge is -2.29. The van der Waals surface area contributed by atoms with Gasteiger partial charge in [-0.25, -0.2) is 4.39 Å². The number of nitrogens with zero attached hydrogens (tertiary/aromatic N) is 1. The van der Waals surface area contributed by atoms with Crippen molar-refractivity contribution >= 4 is 11.8 Å². The number of aromatic hydroxyl groups is 1. The normalized spacial score (nSPS) is 16.4. The molecule has 2 amide bonds. The van der Waals surface area contributed by atoms with Crippen LogP contribution >= 0.6 is 0 Å². The van der Waals surface area contributed by atoms with Gasteiger partial charge >= 0.3 is 0 Å². The van der Waals surface area contributed by atoms with Gasteiger partial charge in [0.25, 0.3) is 5.91 Å². The van der Waals surface area contributed by atoms with E-state index in [4.69, 9.17) is 5.11 Å². The van der Waals surface area contributed by atoms with Crippen LogP contribution in [0, 0.1) is 5.82 Å². The summed E-state index contributed by atoms with van der Waals surface area (Å²) >= 11 is 0. The molecule has 1 aliphatic rings. The fourth-order valence-corrected chi connectivity index (χ4v) is 2.41. The topological polar surface area (TPSA) is 69.6 Å². The van der Waals surface area contributed by atoms with Gasteiger partial charge in [-0.3, -0.25) is 9.59 Å². The molecular formula is C15H19FN2O3. The number of carbonyl (C=O) groups is 2. The Morgan fingerprint density at radius 2 is 1.95 bits per heavy atom. The van der Waals surface area contributed by atoms with E-state index in [0.29, 0.717) is 13.1 Å². The summed E-state index contributed by atoms with van der Waals surface area (Å²) in [5.41, 5.74) is -0.189. The molecule has 1 atom stereocenters. The SMILES string of the molecule is CC(NC(=O)c1ccc(O)cc1F)C(=O)N1CCCCC1. The van der Waals surface area contributed by atoms with Gasteiger partial charge in [-0.1, -0.05) is 0 Å². The molecule has 0 saturated carbocycles. The Bertz CT molecular complexity index is 542. The Kier molecular flexibility index (Phi) is 4.77. The molecule has 1 fully saturated rings. The highest BCUT2D eigenvalue weighted by Crippen LogP contribution is 2.15. The average Bonchev–Trinajstić information content (AvgIpc) is 2.47. The largest absolute Gasteiger partial charge is 0.508 e. The van der Waals surface area contributed by atoms with E-state index in [1.54, 1.807) is 11.8 Å². The van der Waals surface area contributed by atoms with E-state index in [1.165, 1.54) is 12.1 Å². The molecule has 0 spiro atoms. The van der Waals surface area contributed by atoms with Crippen LogP contribution in [0.15, 0.2) is 18.2 Å². The fourth-order valence-electron chi connectivity index (χ4n) is 2.41. The zero-order chi connectivity index (χ0) is 15.4. The molecule has 2 rings (SSSR count). The van der Waals surface area contributed by atoms with Gasteiger partial charge in [0.2, 0.25) is 5.91 Å². The fraction of sp³-hybridized carbons (Fsp3) is 0.467. The summed E-state index contributed by atoms with van der Waals surface area (Å²) in [6.45, 7) is 2.99. The van der Waals surface area contributed by atoms with Gasteiger partial charge < -0.3 is 15.3 Å². The Labute approximate surface area is 122 Å². The van der Waals surface area contributed by atoms with E-state index < -0.39 is 17.8 Å². The van der Waals surface area contributed by atoms with Crippen molar-refractivity contribution in [2.45, 2.75) is 32.2 Å². The summed E-state index contributed by atoms with van der Waals surface area (Å²) in [7, 11) is 0. The number of hydrogen-bond acceptors (Lipinski definition) is 3. The number of halogens is 1. The number of amides is 2. The minimum absolute atomic E-state index is 0.151. The van der Waals surface area contributed by atoms with E-state index in [0.717, 1.165) is 25.3 Å². The number of rotatable bonds is 3. The number of nitrogens with one attached hydrogen (secondary N) is 1. The number of likely N-dealkylation sites (tertiary alicyclic amines) is 1. The van der Waals surface area contributed by atoms with E-state index in [9.17, 15) is 14.0 Å². The minimum Gasteiger partial charge on any atom is -0.508 e. The standard InChI is InChI=1S/C15H19FN2O3/c1-10(15(21)18-7-3-2-4-8-18)17-14(20)12-6-5-11(19)9-13(12)16/h5-6,9-10,19H,2-4,7-8H2,1H3,(H,17,20). The first-order valence-corrected chi connectivity index (χ1v) is 7.07. The predicted octanol–water partition coefficient (Wildman–Crippen LogP) is 1.66. The third kappa shape index (κ3) is 3.71. The highest BCUT2D eigenvalue weighted by molar-refractivity contribution is 5.97. The Morgan fingerprint density at radius 1 is 1.29 bits per heavy atom. The molecule has 21 heavy (non-hydrogen) atoms. The van der Waals surface area contributed by atoms with Gasteiger partial charge in [-0.2, -0.15) is 0 Å². The summed E-state index contributed by atoms with van der Waals surface area (Å²) < 4.78 is 13.6. The van der Waals surface area contributed by atoms with E-state index in [-0.39, 0.29) is 17.2 Å². The average molecular weight is 294 g/mol. The van der Waals surface area contributed by atoms with Gasteiger partial charge in [-0.15, -0.1) is 0 Å². The first-order valence-electron chi connectivity index (χ1n) is 7.07. The van der Waals surface area contributed by atoms with Crippen molar-refractivity contribution in [1.29, 1.82) is 0 Å². The molecule has 1 aromatic carbocycles. The van der Waals surface area contributed by atoms with Gasteiger partial charge in [0.1, 0.15) is 17.6 Å². The summed E-state index contributed by atoms with van der Waals surface area (Å²) in [6, 6.07) is 2.59. The zero-order valence-electron chi connectivity index (χ0n) is 11.9. The molecule has 2 N–H and O–H groups in total. The lowest BCUT2D eigenvalue weighted by Crippen LogP contribution is -2.48. The third-order valence-electron chi connectivity index (χ3n) is 3.58. The van der Waals surface area contributed by atoms with Crippen molar-refractivity contribution in [1.82, 2.24) is 10.2 Å². The Morgan fingerprint density at radius 3 is 2.57 bits per heavy atom. The van der Waals surface area contributed by atoms with Crippen LogP contribution in [0.3, 0.4) is 0 Å². The number of hydrogen-bond donors (Lipinski definition) is 2. The quantitative estimate of drug-likeness (QED) is 0.891. The molecular weight excluding hydrogens is 275 g/mol. The maximum atomic E-state index is 13.6. The molecule has 1 unspecified atom stereocenters. The lowest BCUT2D eigenvalue weighted by molar-refractivity contribution is -0.133. The lowest BCUT2D eigenvalue weighted by atomic mass is 10.1. The smallest absolute Gasteiger partial charge is 0.254 e. The van der Waals surface area contributed by atoms with E-state index in [2.05, 4.69) is 5.32 Å². The van der Waals surface area contributed by atoms with Crippen molar-refractivity contribution in [3.05, 3.63) is 29.6 Å². The first-order chi connectivity index (χ1) is 9.99. The second-order valence-electron chi connectivity index (χ2n) is 5.25. The molecule has 114 valence electrons. The second-order valence-corrected chi connectivity index (χ2v) is 5.25. The molecule has 0 radical (unpaired) electrons. The van der Waals surface area contributed by atoms with Crippen LogP contribution < -0.4 is 5.32 Å². The predicted molar refractivity (Wildman–Crippen MR) is 75.4 cm³/mol. The van der Waals surface area contributed by atoms with Crippen LogP contribution in [0.1, 0.15) is 36.5 Å². The molecule has 1 heterocycles. The van der Waals surface area contributed by atoms with Crippen LogP contribution in [-0.4, -0.2) is 41.0 Å². The second kappa shape index (κ2) is 6.56. The van der Waals surface area contributed by atoms with Crippen molar-refractivity contribution < 1.29 is 19.1 Å². The van der Waals surface area contributed by atoms with Crippen molar-refractivity contribution in [3.8, 4) is 5.75 Å². The number of phenolic OH excluding ortho intramolecular Hbond substituents is 1. The molecule has 1 aliphatic heterocycles. The summed E-state index contributed by atoms with van der Waals surface area (Å²) in [5.74, 6) is -1.88. The number of phenols is 1. The summed E-state index contributed by atoms with van der Waals surface area (Å²) in [4.78, 5) is 25.9. The van der Waals surface area contributed by atoms with Gasteiger partial charge in [0.15, 0.2) is 0 Å². The molecule has 0 aromatic heterocycles. The van der Waals surface area contributed by atoms with Gasteiger partial charge in [0.05, 0.1) is 5.56 Å². The number of piperidine rings is 1. The highest BCUT2D eigenvalue weighted by Gasteiger charge is 2.24. The maximum absolute atomic E-state index is 13.6. The monoisotopic (exact) mass is 294 g/mol. The van der Waals surface area contributed by atoms with Gasteiger partial charge in [-0.05, 0) is 38.3 Å². The molecule has 1 saturated heterocycles. The maximum Gasteiger partial charge on any atom is 0.254 e. The summed E-state index contributed by atoms with van der Waals surface area (Å²) in [6.07, 6.45) is 3.06. The van der Waals surface area contributed by atoms with Crippen molar-refractivity contribution in [2.24, 2.45) is 0 Å². The third-order valence-corrected chi connectivity index (χ3v) is 3.58. The number of carbonyl (C=O) groups excluding carboxylic acids is 2. The van der Waals surface area contributed by atoms with Crippen LogP contribution in [0.2, 0.25) is 0 Å². The Balaban J connectivity index is 1.99. The molecule has 5 nitrogen and oxygen atoms in total. The van der Waals surface area contributed by atoms with Crippen LogP contribution in [0.5, 0.6) is 5.75 Å². The molecule has 0 aliphatic carbocycles. The van der Waals surface area contributed by atoms with Crippen LogP contribution in [-0.2, 0) is 4.79 Å². The van der Waals surface area contributed by atoms with Crippen LogP contribution in [0.25, 0.3) is 0 Å². The van der Waals surface area contributed by atoms with Crippen LogP contribution in [0.4, 0.5) is 4.39 Å². The van der Waals surface area contributed by atoms with E-state index in [1.807, 2.05) is 0 Å². The number of benzene rings is 1. The zero-order valence-corrected chi connectivity index (χ0v) is 11.9. The highest BCUT2D eigenvalue weighted by atomic mass is 19.1. The van der Waals surface area contributed by atoms with Crippen molar-refractivity contribution in [3.63, 3.8) is 0 Å². The molecule has 0 bridgehead atoms. The Hall–Kier alpha value is -2.11. The summed E-state index contributed by atoms with van der Waals surface area (Å²) in [5, 5.41) is 11.6.